The summed E-state index contributed by atoms with van der Waals surface area (Å²) in [6, 6.07) is 25.2. The van der Waals surface area contributed by atoms with Crippen LogP contribution in [-0.4, -0.2) is 57.7 Å². The molecule has 0 spiro atoms. The Morgan fingerprint density at radius 2 is 1.57 bits per heavy atom. The molecule has 0 saturated heterocycles. The molecule has 1 aliphatic carbocycles. The molecule has 1 saturated carbocycles. The van der Waals surface area contributed by atoms with Crippen LogP contribution in [0.3, 0.4) is 0 Å². The van der Waals surface area contributed by atoms with Gasteiger partial charge in [0.25, 0.3) is 0 Å². The average molecular weight is 587 g/mol. The minimum Gasteiger partial charge on any atom is -0.362 e. The molecule has 0 bridgehead atoms. The van der Waals surface area contributed by atoms with Gasteiger partial charge in [0.05, 0.1) is 10.4 Å². The van der Waals surface area contributed by atoms with Gasteiger partial charge in [-0.3, -0.25) is 0 Å². The highest BCUT2D eigenvalue weighted by Gasteiger charge is 2.24. The summed E-state index contributed by atoms with van der Waals surface area (Å²) in [5.74, 6) is 2.15. The Bertz CT molecular complexity index is 1550. The van der Waals surface area contributed by atoms with Gasteiger partial charge in [0.2, 0.25) is 16.0 Å². The van der Waals surface area contributed by atoms with E-state index in [0.29, 0.717) is 35.8 Å². The number of sulfonamides is 1. The number of aryl methyl sites for hydroxylation is 1. The second-order valence-corrected chi connectivity index (χ2v) is 13.3. The van der Waals surface area contributed by atoms with Crippen LogP contribution in [0.15, 0.2) is 83.8 Å². The van der Waals surface area contributed by atoms with E-state index >= 15 is 0 Å². The molecule has 4 aromatic rings. The number of fused-ring (bicyclic) bond motifs is 1. The first-order valence-electron chi connectivity index (χ1n) is 14.8. The molecule has 1 atom stereocenters. The molecule has 5 rings (SSSR count). The highest BCUT2D eigenvalue weighted by molar-refractivity contribution is 7.89. The van der Waals surface area contributed by atoms with Crippen molar-refractivity contribution in [2.24, 2.45) is 5.92 Å². The predicted octanol–water partition coefficient (Wildman–Crippen LogP) is 5.15. The largest absolute Gasteiger partial charge is 0.362 e. The second-order valence-electron chi connectivity index (χ2n) is 11.6. The SMILES string of the molecule is Cc1ccc(S(=O)(=O)N[C@H](CNC[C@H]2CC[C@@H](Nc3nc(N(C)C)c4ccccc4n3)CC2)Cc2ccccc2)cc1. The maximum absolute atomic E-state index is 13.2. The number of nitrogens with one attached hydrogen (secondary N) is 3. The van der Waals surface area contributed by atoms with Gasteiger partial charge in [-0.15, -0.1) is 0 Å². The van der Waals surface area contributed by atoms with Crippen LogP contribution in [0.5, 0.6) is 0 Å². The normalized spacial score (nSPS) is 18.1. The molecule has 0 aliphatic heterocycles. The van der Waals surface area contributed by atoms with Crippen LogP contribution >= 0.6 is 0 Å². The molecular weight excluding hydrogens is 544 g/mol. The maximum atomic E-state index is 13.2. The van der Waals surface area contributed by atoms with Crippen LogP contribution in [0.2, 0.25) is 0 Å². The van der Waals surface area contributed by atoms with Crippen molar-refractivity contribution in [3.8, 4) is 0 Å². The molecule has 3 N–H and O–H groups in total. The molecule has 0 unspecified atom stereocenters. The third kappa shape index (κ3) is 7.85. The lowest BCUT2D eigenvalue weighted by Crippen LogP contribution is -2.44. The van der Waals surface area contributed by atoms with E-state index in [1.54, 1.807) is 12.1 Å². The number of hydrogen-bond acceptors (Lipinski definition) is 7. The van der Waals surface area contributed by atoms with Gasteiger partial charge >= 0.3 is 0 Å². The van der Waals surface area contributed by atoms with Gasteiger partial charge in [-0.25, -0.2) is 18.1 Å². The van der Waals surface area contributed by atoms with Gasteiger partial charge in [-0.05, 0) is 81.3 Å². The summed E-state index contributed by atoms with van der Waals surface area (Å²) in [4.78, 5) is 11.9. The first-order valence-corrected chi connectivity index (χ1v) is 16.3. The first-order chi connectivity index (χ1) is 20.3. The number of para-hydroxylation sites is 1. The quantitative estimate of drug-likeness (QED) is 0.211. The summed E-state index contributed by atoms with van der Waals surface area (Å²) >= 11 is 0. The first kappa shape index (κ1) is 29.9. The van der Waals surface area contributed by atoms with Crippen molar-refractivity contribution >= 4 is 32.7 Å². The summed E-state index contributed by atoms with van der Waals surface area (Å²) in [5.41, 5.74) is 3.08. The second kappa shape index (κ2) is 13.6. The van der Waals surface area contributed by atoms with Crippen molar-refractivity contribution in [3.05, 3.63) is 90.0 Å². The minimum atomic E-state index is -3.62. The average Bonchev–Trinajstić information content (AvgIpc) is 2.98. The van der Waals surface area contributed by atoms with E-state index < -0.39 is 10.0 Å². The third-order valence-electron chi connectivity index (χ3n) is 7.99. The third-order valence-corrected chi connectivity index (χ3v) is 9.52. The highest BCUT2D eigenvalue weighted by Crippen LogP contribution is 2.28. The number of hydrogen-bond donors (Lipinski definition) is 3. The van der Waals surface area contributed by atoms with Crippen LogP contribution in [0.25, 0.3) is 10.9 Å². The van der Waals surface area contributed by atoms with Crippen molar-refractivity contribution < 1.29 is 8.42 Å². The van der Waals surface area contributed by atoms with Gasteiger partial charge in [0, 0.05) is 38.1 Å². The lowest BCUT2D eigenvalue weighted by atomic mass is 9.86. The zero-order valence-corrected chi connectivity index (χ0v) is 25.6. The molecule has 0 radical (unpaired) electrons. The van der Waals surface area contributed by atoms with E-state index in [1.165, 1.54) is 0 Å². The molecule has 1 heterocycles. The van der Waals surface area contributed by atoms with Crippen molar-refractivity contribution in [1.29, 1.82) is 0 Å². The lowest BCUT2D eigenvalue weighted by Gasteiger charge is -2.30. The van der Waals surface area contributed by atoms with Gasteiger partial charge in [-0.1, -0.05) is 60.2 Å². The fraction of sp³-hybridized carbons (Fsp3) is 0.394. The summed E-state index contributed by atoms with van der Waals surface area (Å²) in [6.45, 7) is 3.38. The lowest BCUT2D eigenvalue weighted by molar-refractivity contribution is 0.320. The van der Waals surface area contributed by atoms with Crippen molar-refractivity contribution in [2.75, 3.05) is 37.4 Å². The predicted molar refractivity (Wildman–Crippen MR) is 172 cm³/mol. The monoisotopic (exact) mass is 586 g/mol. The Hall–Kier alpha value is -3.53. The smallest absolute Gasteiger partial charge is 0.240 e. The fourth-order valence-electron chi connectivity index (χ4n) is 5.68. The van der Waals surface area contributed by atoms with E-state index in [4.69, 9.17) is 9.97 Å². The van der Waals surface area contributed by atoms with Gasteiger partial charge < -0.3 is 15.5 Å². The van der Waals surface area contributed by atoms with E-state index in [1.807, 2.05) is 86.6 Å². The minimum absolute atomic E-state index is 0.257. The Labute approximate surface area is 250 Å². The summed E-state index contributed by atoms with van der Waals surface area (Å²) in [7, 11) is 0.393. The van der Waals surface area contributed by atoms with E-state index in [-0.39, 0.29) is 6.04 Å². The molecule has 3 aromatic carbocycles. The van der Waals surface area contributed by atoms with Gasteiger partial charge in [0.1, 0.15) is 5.82 Å². The number of anilines is 2. The fourth-order valence-corrected chi connectivity index (χ4v) is 6.92. The van der Waals surface area contributed by atoms with Crippen molar-refractivity contribution in [3.63, 3.8) is 0 Å². The van der Waals surface area contributed by atoms with Crippen LogP contribution < -0.4 is 20.3 Å². The van der Waals surface area contributed by atoms with E-state index in [9.17, 15) is 8.42 Å². The Morgan fingerprint density at radius 1 is 0.881 bits per heavy atom. The summed E-state index contributed by atoms with van der Waals surface area (Å²) in [5, 5.41) is 8.23. The molecule has 222 valence electrons. The Morgan fingerprint density at radius 3 is 2.29 bits per heavy atom. The molecule has 8 nitrogen and oxygen atoms in total. The van der Waals surface area contributed by atoms with Crippen LogP contribution in [-0.2, 0) is 16.4 Å². The van der Waals surface area contributed by atoms with E-state index in [2.05, 4.69) is 21.4 Å². The molecule has 9 heteroatoms. The molecule has 1 aromatic heterocycles. The van der Waals surface area contributed by atoms with Crippen LogP contribution in [0.1, 0.15) is 36.8 Å². The summed E-state index contributed by atoms with van der Waals surface area (Å²) in [6.07, 6.45) is 4.91. The topological polar surface area (TPSA) is 99.2 Å². The van der Waals surface area contributed by atoms with Gasteiger partial charge in [-0.2, -0.15) is 4.98 Å². The molecular formula is C33H42N6O2S. The zero-order chi connectivity index (χ0) is 29.5. The van der Waals surface area contributed by atoms with Crippen LogP contribution in [0, 0.1) is 12.8 Å². The molecule has 1 aliphatic rings. The Kier molecular flexibility index (Phi) is 9.72. The number of rotatable bonds is 12. The van der Waals surface area contributed by atoms with Crippen LogP contribution in [0.4, 0.5) is 11.8 Å². The highest BCUT2D eigenvalue weighted by atomic mass is 32.2. The van der Waals surface area contributed by atoms with E-state index in [0.717, 1.165) is 60.1 Å². The number of aromatic nitrogens is 2. The number of nitrogens with zero attached hydrogens (tertiary/aromatic N) is 3. The molecule has 42 heavy (non-hydrogen) atoms. The molecule has 1 fully saturated rings. The van der Waals surface area contributed by atoms with Gasteiger partial charge in [0.15, 0.2) is 0 Å². The van der Waals surface area contributed by atoms with Crippen molar-refractivity contribution in [2.45, 2.75) is 56.0 Å². The molecule has 0 amide bonds. The standard InChI is InChI=1S/C33H42N6O2S/c1-24-13-19-29(20-14-24)42(40,41)38-28(21-25-9-5-4-6-10-25)23-34-22-26-15-17-27(18-16-26)35-33-36-31-12-8-7-11-30(31)32(37-33)39(2)3/h4-14,19-20,26-28,34,38H,15-18,21-23H2,1-3H3,(H,35,36,37)/t26-,27+,28-/m0/s1. The summed E-state index contributed by atoms with van der Waals surface area (Å²) < 4.78 is 29.3. The Balaban J connectivity index is 1.15. The number of benzene rings is 3. The maximum Gasteiger partial charge on any atom is 0.240 e. The zero-order valence-electron chi connectivity index (χ0n) is 24.8. The van der Waals surface area contributed by atoms with Crippen molar-refractivity contribution in [1.82, 2.24) is 20.0 Å².